The summed E-state index contributed by atoms with van der Waals surface area (Å²) < 4.78 is 5.31. The highest BCUT2D eigenvalue weighted by molar-refractivity contribution is 6.78. The molecule has 5 heteroatoms. The van der Waals surface area contributed by atoms with Gasteiger partial charge in [-0.25, -0.2) is 0 Å². The summed E-state index contributed by atoms with van der Waals surface area (Å²) in [4.78, 5) is 19.2. The maximum Gasteiger partial charge on any atom is 0.326 e. The summed E-state index contributed by atoms with van der Waals surface area (Å²) in [5.41, 5.74) is 0. The minimum atomic E-state index is -2.52. The van der Waals surface area contributed by atoms with Gasteiger partial charge in [-0.05, 0) is 25.2 Å². The molecule has 0 aromatic rings. The topological polar surface area (TPSA) is 49.7 Å². The zero-order chi connectivity index (χ0) is 9.12. The Morgan fingerprint density at radius 3 is 1.55 bits per heavy atom. The van der Waals surface area contributed by atoms with Gasteiger partial charge in [0.15, 0.2) is 0 Å². The molecule has 0 fully saturated rings. The molecule has 0 heterocycles. The van der Waals surface area contributed by atoms with Crippen LogP contribution >= 0.6 is 0 Å². The number of hydrogen-bond donors (Lipinski definition) is 2. The van der Waals surface area contributed by atoms with E-state index >= 15 is 0 Å². The highest BCUT2D eigenvalue weighted by Crippen LogP contribution is 2.17. The Balaban J connectivity index is 4.08. The van der Waals surface area contributed by atoms with Crippen molar-refractivity contribution < 1.29 is 13.7 Å². The van der Waals surface area contributed by atoms with Gasteiger partial charge in [-0.2, -0.15) is 0 Å². The first-order chi connectivity index (χ1) is 4.83. The second-order valence-electron chi connectivity index (χ2n) is 3.20. The molecule has 3 nitrogen and oxygen atoms in total. The fourth-order valence-corrected chi connectivity index (χ4v) is 6.23. The summed E-state index contributed by atoms with van der Waals surface area (Å²) in [6, 6.07) is 1.31. The molecule has 0 atom stereocenters. The van der Waals surface area contributed by atoms with E-state index in [9.17, 15) is 9.59 Å². The average Bonchev–Trinajstić information content (AvgIpc) is 1.84. The molecule has 0 radical (unpaired) electrons. The van der Waals surface area contributed by atoms with E-state index in [4.69, 9.17) is 4.12 Å². The van der Waals surface area contributed by atoms with Gasteiger partial charge in [0.2, 0.25) is 0 Å². The Kier molecular flexibility index (Phi) is 3.92. The summed E-state index contributed by atoms with van der Waals surface area (Å²) in [6.07, 6.45) is 0. The predicted octanol–water partition coefficient (Wildman–Crippen LogP) is 1.17. The van der Waals surface area contributed by atoms with Gasteiger partial charge < -0.3 is 13.7 Å². The molecule has 0 aliphatic carbocycles. The molecule has 0 rings (SSSR count). The Morgan fingerprint density at radius 2 is 1.45 bits per heavy atom. The molecule has 0 aromatic heterocycles. The molecule has 68 valence electrons. The fraction of sp³-hybridized carbons (Fsp3) is 1.00. The lowest BCUT2D eigenvalue weighted by Gasteiger charge is -2.28. The smallest absolute Gasteiger partial charge is 0.326 e. The normalized spacial score (nSPS) is 13.6. The SMILES string of the molecule is CC[Si](O)(CC)O[Si](C)(C)O. The van der Waals surface area contributed by atoms with Crippen LogP contribution in [0.25, 0.3) is 0 Å². The van der Waals surface area contributed by atoms with Crippen molar-refractivity contribution in [2.24, 2.45) is 0 Å². The van der Waals surface area contributed by atoms with Crippen LogP contribution in [0.1, 0.15) is 13.8 Å². The molecule has 0 amide bonds. The van der Waals surface area contributed by atoms with Crippen molar-refractivity contribution >= 4 is 17.1 Å². The lowest BCUT2D eigenvalue weighted by atomic mass is 10.9. The maximum absolute atomic E-state index is 9.76. The lowest BCUT2D eigenvalue weighted by Crippen LogP contribution is -2.48. The van der Waals surface area contributed by atoms with E-state index in [2.05, 4.69) is 0 Å². The summed E-state index contributed by atoms with van der Waals surface area (Å²) in [6.45, 7) is 7.15. The van der Waals surface area contributed by atoms with Gasteiger partial charge in [0, 0.05) is 0 Å². The Hall–Kier alpha value is 0.314. The molecule has 11 heavy (non-hydrogen) atoms. The monoisotopic (exact) mass is 194 g/mol. The van der Waals surface area contributed by atoms with E-state index in [0.717, 1.165) is 0 Å². The number of rotatable bonds is 4. The van der Waals surface area contributed by atoms with E-state index in [1.54, 1.807) is 13.1 Å². The average molecular weight is 194 g/mol. The lowest BCUT2D eigenvalue weighted by molar-refractivity contribution is 0.309. The largest absolute Gasteiger partial charge is 0.415 e. The molecule has 0 aliphatic heterocycles. The first-order valence-electron chi connectivity index (χ1n) is 3.98. The van der Waals surface area contributed by atoms with Gasteiger partial charge in [-0.15, -0.1) is 0 Å². The second-order valence-corrected chi connectivity index (χ2v) is 10.2. The highest BCUT2D eigenvalue weighted by atomic mass is 28.5. The second kappa shape index (κ2) is 3.82. The molecule has 0 unspecified atom stereocenters. The van der Waals surface area contributed by atoms with Crippen LogP contribution in [0.15, 0.2) is 0 Å². The molecule has 0 spiro atoms. The summed E-state index contributed by atoms with van der Waals surface area (Å²) in [5.74, 6) is 0. The van der Waals surface area contributed by atoms with Gasteiger partial charge in [-0.1, -0.05) is 13.8 Å². The predicted molar refractivity (Wildman–Crippen MR) is 49.7 cm³/mol. The van der Waals surface area contributed by atoms with Crippen molar-refractivity contribution in [3.05, 3.63) is 0 Å². The molecule has 0 bridgehead atoms. The van der Waals surface area contributed by atoms with Crippen molar-refractivity contribution in [2.45, 2.75) is 39.0 Å². The van der Waals surface area contributed by atoms with Gasteiger partial charge in [-0.3, -0.25) is 0 Å². The summed E-state index contributed by atoms with van der Waals surface area (Å²) >= 11 is 0. The van der Waals surface area contributed by atoms with Gasteiger partial charge in [0.25, 0.3) is 0 Å². The molecule has 0 saturated carbocycles. The molecule has 0 aromatic carbocycles. The summed E-state index contributed by atoms with van der Waals surface area (Å²) in [7, 11) is -5.04. The van der Waals surface area contributed by atoms with Crippen molar-refractivity contribution in [2.75, 3.05) is 0 Å². The third kappa shape index (κ3) is 4.70. The number of hydrogen-bond acceptors (Lipinski definition) is 3. The van der Waals surface area contributed by atoms with Gasteiger partial charge >= 0.3 is 17.1 Å². The van der Waals surface area contributed by atoms with Gasteiger partial charge in [0.05, 0.1) is 0 Å². The van der Waals surface area contributed by atoms with Crippen LogP contribution in [0.5, 0.6) is 0 Å². The van der Waals surface area contributed by atoms with Crippen LogP contribution in [0.3, 0.4) is 0 Å². The highest BCUT2D eigenvalue weighted by Gasteiger charge is 2.36. The summed E-state index contributed by atoms with van der Waals surface area (Å²) in [5, 5.41) is 0. The fourth-order valence-electron chi connectivity index (χ4n) is 0.859. The Morgan fingerprint density at radius 1 is 1.09 bits per heavy atom. The van der Waals surface area contributed by atoms with E-state index < -0.39 is 17.1 Å². The minimum Gasteiger partial charge on any atom is -0.415 e. The zero-order valence-electron chi connectivity index (χ0n) is 7.72. The van der Waals surface area contributed by atoms with Crippen LogP contribution in [-0.4, -0.2) is 26.7 Å². The third-order valence-corrected chi connectivity index (χ3v) is 7.27. The Bertz CT molecular complexity index is 117. The van der Waals surface area contributed by atoms with E-state index in [0.29, 0.717) is 12.1 Å². The van der Waals surface area contributed by atoms with Gasteiger partial charge in [0.1, 0.15) is 0 Å². The molecule has 2 N–H and O–H groups in total. The first-order valence-corrected chi connectivity index (χ1v) is 9.10. The minimum absolute atomic E-state index is 0.653. The molecular formula is C6H18O3Si2. The van der Waals surface area contributed by atoms with Crippen molar-refractivity contribution in [1.82, 2.24) is 0 Å². The van der Waals surface area contributed by atoms with Crippen molar-refractivity contribution in [3.8, 4) is 0 Å². The van der Waals surface area contributed by atoms with Crippen LogP contribution < -0.4 is 0 Å². The molecular weight excluding hydrogens is 176 g/mol. The van der Waals surface area contributed by atoms with Crippen LogP contribution in [0.2, 0.25) is 25.2 Å². The quantitative estimate of drug-likeness (QED) is 0.661. The maximum atomic E-state index is 9.76. The third-order valence-electron chi connectivity index (χ3n) is 1.54. The van der Waals surface area contributed by atoms with Crippen molar-refractivity contribution in [1.29, 1.82) is 0 Å². The molecule has 0 aliphatic rings. The van der Waals surface area contributed by atoms with E-state index in [-0.39, 0.29) is 0 Å². The van der Waals surface area contributed by atoms with E-state index in [1.165, 1.54) is 0 Å². The standard InChI is InChI=1S/C6H18O3Si2/c1-5-11(8,6-2)9-10(3,4)7/h7-8H,5-6H2,1-4H3. The first kappa shape index (κ1) is 11.3. The Labute approximate surface area is 70.5 Å². The van der Waals surface area contributed by atoms with Crippen LogP contribution in [0, 0.1) is 0 Å². The van der Waals surface area contributed by atoms with E-state index in [1.807, 2.05) is 13.8 Å². The van der Waals surface area contributed by atoms with Crippen LogP contribution in [0.4, 0.5) is 0 Å². The zero-order valence-corrected chi connectivity index (χ0v) is 9.72. The molecule has 0 saturated heterocycles. The van der Waals surface area contributed by atoms with Crippen molar-refractivity contribution in [3.63, 3.8) is 0 Å². The van der Waals surface area contributed by atoms with Crippen LogP contribution in [-0.2, 0) is 4.12 Å².